The van der Waals surface area contributed by atoms with Crippen LogP contribution in [-0.4, -0.2) is 32.3 Å². The van der Waals surface area contributed by atoms with Crippen molar-refractivity contribution in [3.8, 4) is 22.9 Å². The number of hydrogen-bond donors (Lipinski definition) is 0. The van der Waals surface area contributed by atoms with E-state index in [9.17, 15) is 0 Å². The fraction of sp³-hybridized carbons (Fsp3) is 0.455. The molecule has 0 unspecified atom stereocenters. The molecule has 1 aliphatic carbocycles. The Balaban J connectivity index is 1.49. The summed E-state index contributed by atoms with van der Waals surface area (Å²) < 4.78 is 16.1. The maximum absolute atomic E-state index is 5.97. The largest absolute Gasteiger partial charge is 0.490 e. The second-order valence-electron chi connectivity index (χ2n) is 7.30. The van der Waals surface area contributed by atoms with Crippen LogP contribution in [-0.2, 0) is 13.1 Å². The van der Waals surface area contributed by atoms with Crippen LogP contribution in [0.15, 0.2) is 49.3 Å². The molecule has 2 aromatic heterocycles. The molecule has 4 rings (SSSR count). The van der Waals surface area contributed by atoms with Gasteiger partial charge in [-0.25, -0.2) is 9.97 Å². The third-order valence-corrected chi connectivity index (χ3v) is 5.31. The van der Waals surface area contributed by atoms with Gasteiger partial charge in [0.05, 0.1) is 19.5 Å². The Morgan fingerprint density at radius 3 is 2.75 bits per heavy atom. The zero-order valence-electron chi connectivity index (χ0n) is 16.5. The summed E-state index contributed by atoms with van der Waals surface area (Å²) in [6.45, 7) is 4.94. The fourth-order valence-corrected chi connectivity index (χ4v) is 3.90. The zero-order chi connectivity index (χ0) is 19.2. The van der Waals surface area contributed by atoms with E-state index in [1.807, 2.05) is 36.0 Å². The molecule has 0 bridgehead atoms. The van der Waals surface area contributed by atoms with Crippen molar-refractivity contribution >= 4 is 0 Å². The third-order valence-electron chi connectivity index (χ3n) is 5.31. The molecule has 148 valence electrons. The molecule has 3 aromatic rings. The van der Waals surface area contributed by atoms with Crippen molar-refractivity contribution in [1.29, 1.82) is 0 Å². The van der Waals surface area contributed by atoms with Gasteiger partial charge in [0, 0.05) is 36.9 Å². The first-order chi connectivity index (χ1) is 13.8. The van der Waals surface area contributed by atoms with Gasteiger partial charge in [0.1, 0.15) is 12.4 Å². The van der Waals surface area contributed by atoms with Crippen molar-refractivity contribution < 1.29 is 9.47 Å². The number of aromatic nitrogens is 4. The summed E-state index contributed by atoms with van der Waals surface area (Å²) in [5.74, 6) is 3.29. The molecule has 1 aromatic carbocycles. The summed E-state index contributed by atoms with van der Waals surface area (Å²) in [4.78, 5) is 8.66. The minimum absolute atomic E-state index is 0.562. The van der Waals surface area contributed by atoms with Gasteiger partial charge in [0.15, 0.2) is 11.5 Å². The second kappa shape index (κ2) is 8.95. The Morgan fingerprint density at radius 1 is 1.07 bits per heavy atom. The van der Waals surface area contributed by atoms with E-state index in [2.05, 4.69) is 26.8 Å². The monoisotopic (exact) mass is 380 g/mol. The van der Waals surface area contributed by atoms with Crippen molar-refractivity contribution in [2.45, 2.75) is 45.7 Å². The Hall–Kier alpha value is -2.76. The molecule has 0 radical (unpaired) electrons. The summed E-state index contributed by atoms with van der Waals surface area (Å²) in [6.07, 6.45) is 14.8. The molecule has 6 nitrogen and oxygen atoms in total. The van der Waals surface area contributed by atoms with E-state index in [0.717, 1.165) is 41.9 Å². The second-order valence-corrected chi connectivity index (χ2v) is 7.30. The van der Waals surface area contributed by atoms with Crippen LogP contribution in [0, 0.1) is 5.92 Å². The first kappa shape index (κ1) is 18.6. The molecule has 1 fully saturated rings. The lowest BCUT2D eigenvalue weighted by molar-refractivity contribution is 0.266. The predicted molar refractivity (Wildman–Crippen MR) is 109 cm³/mol. The Kier molecular flexibility index (Phi) is 5.95. The number of benzene rings is 1. The van der Waals surface area contributed by atoms with Crippen LogP contribution in [0.5, 0.6) is 11.5 Å². The molecule has 2 heterocycles. The number of nitrogens with zero attached hydrogens (tertiary/aromatic N) is 4. The predicted octanol–water partition coefficient (Wildman–Crippen LogP) is 4.41. The summed E-state index contributed by atoms with van der Waals surface area (Å²) in [5.41, 5.74) is 1.06. The average molecular weight is 380 g/mol. The molecule has 0 spiro atoms. The van der Waals surface area contributed by atoms with Crippen LogP contribution in [0.4, 0.5) is 0 Å². The lowest BCUT2D eigenvalue weighted by atomic mass is 10.1. The van der Waals surface area contributed by atoms with Gasteiger partial charge < -0.3 is 18.6 Å². The van der Waals surface area contributed by atoms with E-state index in [4.69, 9.17) is 9.47 Å². The number of ether oxygens (including phenoxy) is 2. The van der Waals surface area contributed by atoms with E-state index < -0.39 is 0 Å². The standard InChI is InChI=1S/C22H28N4O2/c1-2-27-21-15-19(7-8-20(21)28-14-13-25-11-9-23-17-25)22-24-10-12-26(22)16-18-5-3-4-6-18/h7-12,15,17-18H,2-6,13-14,16H2,1H3. The Morgan fingerprint density at radius 2 is 1.96 bits per heavy atom. The molecule has 1 aliphatic rings. The molecule has 0 saturated heterocycles. The van der Waals surface area contributed by atoms with Crippen molar-refractivity contribution in [3.05, 3.63) is 49.3 Å². The van der Waals surface area contributed by atoms with Crippen LogP contribution in [0.3, 0.4) is 0 Å². The topological polar surface area (TPSA) is 54.1 Å². The first-order valence-electron chi connectivity index (χ1n) is 10.2. The highest BCUT2D eigenvalue weighted by Gasteiger charge is 2.18. The highest BCUT2D eigenvalue weighted by Crippen LogP contribution is 2.33. The molecule has 0 N–H and O–H groups in total. The molecule has 28 heavy (non-hydrogen) atoms. The molecule has 0 aliphatic heterocycles. The Bertz CT molecular complexity index is 867. The lowest BCUT2D eigenvalue weighted by Crippen LogP contribution is -2.09. The fourth-order valence-electron chi connectivity index (χ4n) is 3.90. The van der Waals surface area contributed by atoms with Gasteiger partial charge in [-0.3, -0.25) is 0 Å². The van der Waals surface area contributed by atoms with E-state index in [1.165, 1.54) is 25.7 Å². The summed E-state index contributed by atoms with van der Waals surface area (Å²) in [6, 6.07) is 6.11. The van der Waals surface area contributed by atoms with Gasteiger partial charge in [0.25, 0.3) is 0 Å². The highest BCUT2D eigenvalue weighted by molar-refractivity contribution is 5.61. The molecule has 1 saturated carbocycles. The summed E-state index contributed by atoms with van der Waals surface area (Å²) in [5, 5.41) is 0. The van der Waals surface area contributed by atoms with Crippen molar-refractivity contribution in [2.24, 2.45) is 5.92 Å². The molecular weight excluding hydrogens is 352 g/mol. The van der Waals surface area contributed by atoms with Gasteiger partial charge >= 0.3 is 0 Å². The van der Waals surface area contributed by atoms with E-state index in [0.29, 0.717) is 13.2 Å². The summed E-state index contributed by atoms with van der Waals surface area (Å²) >= 11 is 0. The van der Waals surface area contributed by atoms with E-state index in [1.54, 1.807) is 12.5 Å². The lowest BCUT2D eigenvalue weighted by Gasteiger charge is -2.16. The van der Waals surface area contributed by atoms with Crippen LogP contribution >= 0.6 is 0 Å². The quantitative estimate of drug-likeness (QED) is 0.552. The van der Waals surface area contributed by atoms with Crippen molar-refractivity contribution in [2.75, 3.05) is 13.2 Å². The number of imidazole rings is 2. The maximum Gasteiger partial charge on any atom is 0.161 e. The highest BCUT2D eigenvalue weighted by atomic mass is 16.5. The van der Waals surface area contributed by atoms with Gasteiger partial charge in [-0.1, -0.05) is 12.8 Å². The molecule has 0 atom stereocenters. The van der Waals surface area contributed by atoms with E-state index >= 15 is 0 Å². The van der Waals surface area contributed by atoms with Gasteiger partial charge in [-0.15, -0.1) is 0 Å². The normalized spacial score (nSPS) is 14.5. The minimum atomic E-state index is 0.562. The van der Waals surface area contributed by atoms with Gasteiger partial charge in [-0.05, 0) is 43.9 Å². The molecular formula is C22H28N4O2. The van der Waals surface area contributed by atoms with E-state index in [-0.39, 0.29) is 0 Å². The van der Waals surface area contributed by atoms with Crippen molar-refractivity contribution in [1.82, 2.24) is 19.1 Å². The third kappa shape index (κ3) is 4.38. The summed E-state index contributed by atoms with van der Waals surface area (Å²) in [7, 11) is 0. The van der Waals surface area contributed by atoms with Crippen LogP contribution in [0.1, 0.15) is 32.6 Å². The van der Waals surface area contributed by atoms with Crippen LogP contribution < -0.4 is 9.47 Å². The maximum atomic E-state index is 5.97. The molecule has 0 amide bonds. The molecule has 6 heteroatoms. The van der Waals surface area contributed by atoms with Gasteiger partial charge in [-0.2, -0.15) is 0 Å². The van der Waals surface area contributed by atoms with Crippen LogP contribution in [0.25, 0.3) is 11.4 Å². The number of rotatable bonds is 9. The van der Waals surface area contributed by atoms with Gasteiger partial charge in [0.2, 0.25) is 0 Å². The van der Waals surface area contributed by atoms with Crippen LogP contribution in [0.2, 0.25) is 0 Å². The first-order valence-corrected chi connectivity index (χ1v) is 10.2. The SMILES string of the molecule is CCOc1cc(-c2nccn2CC2CCCC2)ccc1OCCn1ccnc1. The minimum Gasteiger partial charge on any atom is -0.490 e. The average Bonchev–Trinajstić information content (AvgIpc) is 3.46. The number of hydrogen-bond acceptors (Lipinski definition) is 4. The smallest absolute Gasteiger partial charge is 0.161 e. The van der Waals surface area contributed by atoms with Crippen molar-refractivity contribution in [3.63, 3.8) is 0 Å². The Labute approximate surface area is 166 Å². The zero-order valence-corrected chi connectivity index (χ0v) is 16.5.